The molecule has 0 unspecified atom stereocenters. The number of nitrogens with zero attached hydrogens (tertiary/aromatic N) is 1. The maximum atomic E-state index is 13.2. The first-order valence-electron chi connectivity index (χ1n) is 9.46. The Labute approximate surface area is 193 Å². The van der Waals surface area contributed by atoms with E-state index in [-0.39, 0.29) is 10.7 Å². The molecule has 0 saturated carbocycles. The third kappa shape index (κ3) is 4.73. The summed E-state index contributed by atoms with van der Waals surface area (Å²) in [7, 11) is 0. The normalized spacial score (nSPS) is 15.2. The van der Waals surface area contributed by atoms with Gasteiger partial charge in [-0.1, -0.05) is 64.5 Å². The lowest BCUT2D eigenvalue weighted by Gasteiger charge is -2.29. The molecule has 1 aliphatic rings. The lowest BCUT2D eigenvalue weighted by atomic mass is 10.1. The second-order valence-electron chi connectivity index (χ2n) is 6.75. The minimum atomic E-state index is -0.545. The number of thiocarbonyl (C=S) groups is 1. The fraction of sp³-hybridized carbons (Fsp3) is 0.0417. The Morgan fingerprint density at radius 1 is 0.968 bits per heavy atom. The van der Waals surface area contributed by atoms with Gasteiger partial charge in [-0.05, 0) is 54.2 Å². The van der Waals surface area contributed by atoms with Crippen molar-refractivity contribution in [1.29, 1.82) is 0 Å². The summed E-state index contributed by atoms with van der Waals surface area (Å²) in [6.45, 7) is 0.360. The molecule has 1 aliphatic heterocycles. The van der Waals surface area contributed by atoms with E-state index in [4.69, 9.17) is 17.0 Å². The highest BCUT2D eigenvalue weighted by Gasteiger charge is 2.34. The van der Waals surface area contributed by atoms with Crippen molar-refractivity contribution in [2.75, 3.05) is 4.90 Å². The Hall–Kier alpha value is -3.29. The summed E-state index contributed by atoms with van der Waals surface area (Å²) in [5, 5.41) is 2.65. The lowest BCUT2D eigenvalue weighted by Crippen LogP contribution is -2.54. The fourth-order valence-corrected chi connectivity index (χ4v) is 3.78. The zero-order chi connectivity index (χ0) is 21.8. The molecule has 7 heteroatoms. The van der Waals surface area contributed by atoms with Crippen molar-refractivity contribution in [3.63, 3.8) is 0 Å². The minimum absolute atomic E-state index is 0.0277. The van der Waals surface area contributed by atoms with Crippen LogP contribution in [-0.4, -0.2) is 16.9 Å². The van der Waals surface area contributed by atoms with E-state index in [0.717, 1.165) is 10.0 Å². The zero-order valence-corrected chi connectivity index (χ0v) is 18.7. The summed E-state index contributed by atoms with van der Waals surface area (Å²) >= 11 is 8.68. The van der Waals surface area contributed by atoms with Crippen molar-refractivity contribution in [1.82, 2.24) is 5.32 Å². The third-order valence-electron chi connectivity index (χ3n) is 4.62. The van der Waals surface area contributed by atoms with E-state index >= 15 is 0 Å². The SMILES string of the molecule is O=C1NC(=S)N(c2ccccc2)C(=O)/C1=C\c1cc(Br)ccc1OCc1ccccc1. The Morgan fingerprint density at radius 2 is 1.65 bits per heavy atom. The number of hydrogen-bond donors (Lipinski definition) is 1. The molecule has 1 N–H and O–H groups in total. The van der Waals surface area contributed by atoms with Gasteiger partial charge in [-0.15, -0.1) is 0 Å². The summed E-state index contributed by atoms with van der Waals surface area (Å²) in [6, 6.07) is 24.1. The number of nitrogens with one attached hydrogen (secondary N) is 1. The van der Waals surface area contributed by atoms with E-state index in [9.17, 15) is 9.59 Å². The number of para-hydroxylation sites is 1. The summed E-state index contributed by atoms with van der Waals surface area (Å²) < 4.78 is 6.77. The average Bonchev–Trinajstić information content (AvgIpc) is 2.77. The van der Waals surface area contributed by atoms with Crippen LogP contribution in [0.3, 0.4) is 0 Å². The highest BCUT2D eigenvalue weighted by atomic mass is 79.9. The van der Waals surface area contributed by atoms with Crippen molar-refractivity contribution in [2.24, 2.45) is 0 Å². The zero-order valence-electron chi connectivity index (χ0n) is 16.2. The predicted molar refractivity (Wildman–Crippen MR) is 128 cm³/mol. The van der Waals surface area contributed by atoms with Gasteiger partial charge in [-0.2, -0.15) is 0 Å². The van der Waals surface area contributed by atoms with E-state index in [1.165, 1.54) is 11.0 Å². The summed E-state index contributed by atoms with van der Waals surface area (Å²) in [4.78, 5) is 27.1. The fourth-order valence-electron chi connectivity index (χ4n) is 3.12. The highest BCUT2D eigenvalue weighted by molar-refractivity contribution is 9.10. The molecule has 3 aromatic rings. The first kappa shape index (κ1) is 21.0. The van der Waals surface area contributed by atoms with E-state index < -0.39 is 11.8 Å². The molecular formula is C24H17BrN2O3S. The molecule has 0 spiro atoms. The van der Waals surface area contributed by atoms with Crippen LogP contribution in [0.25, 0.3) is 6.08 Å². The third-order valence-corrected chi connectivity index (χ3v) is 5.40. The van der Waals surface area contributed by atoms with Crippen molar-refractivity contribution in [2.45, 2.75) is 6.61 Å². The summed E-state index contributed by atoms with van der Waals surface area (Å²) in [6.07, 6.45) is 1.53. The summed E-state index contributed by atoms with van der Waals surface area (Å²) in [5.41, 5.74) is 2.17. The van der Waals surface area contributed by atoms with Crippen LogP contribution in [-0.2, 0) is 16.2 Å². The van der Waals surface area contributed by atoms with Crippen LogP contribution in [0, 0.1) is 0 Å². The van der Waals surface area contributed by atoms with Gasteiger partial charge in [-0.25, -0.2) is 0 Å². The molecule has 2 amide bonds. The van der Waals surface area contributed by atoms with Crippen LogP contribution >= 0.6 is 28.1 Å². The number of amides is 2. The number of ether oxygens (including phenoxy) is 1. The van der Waals surface area contributed by atoms with E-state index in [2.05, 4.69) is 21.2 Å². The van der Waals surface area contributed by atoms with Crippen molar-refractivity contribution >= 4 is 56.8 Å². The molecule has 1 saturated heterocycles. The highest BCUT2D eigenvalue weighted by Crippen LogP contribution is 2.28. The van der Waals surface area contributed by atoms with Gasteiger partial charge >= 0.3 is 0 Å². The molecule has 1 heterocycles. The number of rotatable bonds is 5. The molecule has 0 radical (unpaired) electrons. The Balaban J connectivity index is 1.68. The van der Waals surface area contributed by atoms with Crippen LogP contribution in [0.2, 0.25) is 0 Å². The van der Waals surface area contributed by atoms with Crippen molar-refractivity contribution in [3.8, 4) is 5.75 Å². The molecule has 31 heavy (non-hydrogen) atoms. The van der Waals surface area contributed by atoms with Gasteiger partial charge < -0.3 is 4.74 Å². The smallest absolute Gasteiger partial charge is 0.270 e. The molecule has 0 bridgehead atoms. The second-order valence-corrected chi connectivity index (χ2v) is 8.05. The quantitative estimate of drug-likeness (QED) is 0.314. The van der Waals surface area contributed by atoms with Gasteiger partial charge in [0.15, 0.2) is 5.11 Å². The van der Waals surface area contributed by atoms with Gasteiger partial charge in [-0.3, -0.25) is 19.8 Å². The van der Waals surface area contributed by atoms with E-state index in [1.54, 1.807) is 36.4 Å². The van der Waals surface area contributed by atoms with Gasteiger partial charge in [0.05, 0.1) is 5.69 Å². The van der Waals surface area contributed by atoms with E-state index in [0.29, 0.717) is 23.6 Å². The number of carbonyl (C=O) groups is 2. The van der Waals surface area contributed by atoms with Crippen LogP contribution in [0.1, 0.15) is 11.1 Å². The number of anilines is 1. The molecule has 0 atom stereocenters. The van der Waals surface area contributed by atoms with Gasteiger partial charge in [0.2, 0.25) is 0 Å². The molecule has 5 nitrogen and oxygen atoms in total. The van der Waals surface area contributed by atoms with Gasteiger partial charge in [0, 0.05) is 10.0 Å². The number of hydrogen-bond acceptors (Lipinski definition) is 4. The molecular weight excluding hydrogens is 476 g/mol. The van der Waals surface area contributed by atoms with E-state index in [1.807, 2.05) is 42.5 Å². The standard InChI is InChI=1S/C24H17BrN2O3S/c25-18-11-12-21(30-15-16-7-3-1-4-8-16)17(13-18)14-20-22(28)26-24(31)27(23(20)29)19-9-5-2-6-10-19/h1-14H,15H2,(H,26,28,31)/b20-14-. The topological polar surface area (TPSA) is 58.6 Å². The van der Waals surface area contributed by atoms with Gasteiger partial charge in [0.25, 0.3) is 11.8 Å². The Bertz CT molecular complexity index is 1180. The largest absolute Gasteiger partial charge is 0.488 e. The van der Waals surface area contributed by atoms with Crippen molar-refractivity contribution < 1.29 is 14.3 Å². The molecule has 4 rings (SSSR count). The Morgan fingerprint density at radius 3 is 2.35 bits per heavy atom. The minimum Gasteiger partial charge on any atom is -0.488 e. The molecule has 154 valence electrons. The first-order chi connectivity index (χ1) is 15.0. The molecule has 1 fully saturated rings. The van der Waals surface area contributed by atoms with Crippen LogP contribution < -0.4 is 15.0 Å². The maximum Gasteiger partial charge on any atom is 0.270 e. The van der Waals surface area contributed by atoms with Crippen molar-refractivity contribution in [3.05, 3.63) is 100 Å². The predicted octanol–water partition coefficient (Wildman–Crippen LogP) is 4.86. The number of halogens is 1. The monoisotopic (exact) mass is 492 g/mol. The average molecular weight is 493 g/mol. The molecule has 3 aromatic carbocycles. The molecule has 0 aliphatic carbocycles. The van der Waals surface area contributed by atoms with Gasteiger partial charge in [0.1, 0.15) is 17.9 Å². The maximum absolute atomic E-state index is 13.2. The second kappa shape index (κ2) is 9.24. The number of benzene rings is 3. The number of carbonyl (C=O) groups excluding carboxylic acids is 2. The molecule has 0 aromatic heterocycles. The van der Waals surface area contributed by atoms with Crippen LogP contribution in [0.4, 0.5) is 5.69 Å². The summed E-state index contributed by atoms with van der Waals surface area (Å²) in [5.74, 6) is -0.482. The first-order valence-corrected chi connectivity index (χ1v) is 10.7. The Kier molecular flexibility index (Phi) is 6.25. The van der Waals surface area contributed by atoms with Crippen LogP contribution in [0.15, 0.2) is 88.9 Å². The van der Waals surface area contributed by atoms with Crippen LogP contribution in [0.5, 0.6) is 5.75 Å². The lowest BCUT2D eigenvalue weighted by molar-refractivity contribution is -0.122.